The van der Waals surface area contributed by atoms with Crippen molar-refractivity contribution < 1.29 is 14.6 Å². The lowest BCUT2D eigenvalue weighted by atomic mass is 9.89. The van der Waals surface area contributed by atoms with Gasteiger partial charge in [0.2, 0.25) is 0 Å². The van der Waals surface area contributed by atoms with Gasteiger partial charge in [0.15, 0.2) is 0 Å². The largest absolute Gasteiger partial charge is 0.461 e. The monoisotopic (exact) mass is 228 g/mol. The van der Waals surface area contributed by atoms with Gasteiger partial charge in [0, 0.05) is 18.4 Å². The van der Waals surface area contributed by atoms with E-state index >= 15 is 0 Å². The summed E-state index contributed by atoms with van der Waals surface area (Å²) >= 11 is 5.32. The minimum atomic E-state index is -0.627. The molecule has 2 atom stereocenters. The molecule has 1 N–H and O–H groups in total. The van der Waals surface area contributed by atoms with Gasteiger partial charge in [-0.15, -0.1) is 18.0 Å². The van der Waals surface area contributed by atoms with Crippen LogP contribution < -0.4 is 0 Å². The van der Waals surface area contributed by atoms with Gasteiger partial charge in [-0.2, -0.15) is 0 Å². The van der Waals surface area contributed by atoms with E-state index < -0.39 is 12.1 Å². The van der Waals surface area contributed by atoms with Crippen molar-refractivity contribution in [3.63, 3.8) is 0 Å². The van der Waals surface area contributed by atoms with Crippen molar-refractivity contribution >= 4 is 17.6 Å². The quantitative estimate of drug-likeness (QED) is 0.440. The van der Waals surface area contributed by atoms with E-state index in [9.17, 15) is 9.90 Å². The molecule has 0 saturated heterocycles. The average Bonchev–Trinajstić information content (AvgIpc) is 2.22. The number of halogens is 1. The van der Waals surface area contributed by atoms with Crippen LogP contribution in [-0.4, -0.2) is 29.2 Å². The van der Waals surface area contributed by atoms with Crippen LogP contribution in [0.1, 0.15) is 19.8 Å². The highest BCUT2D eigenvalue weighted by Crippen LogP contribution is 2.26. The number of hydrogen-bond donors (Lipinski definition) is 1. The van der Waals surface area contributed by atoms with E-state index in [2.05, 4.69) is 5.92 Å². The number of alkyl halides is 1. The Balaban J connectivity index is 2.69. The molecule has 0 saturated carbocycles. The normalized spacial score (nSPS) is 26.0. The summed E-state index contributed by atoms with van der Waals surface area (Å²) in [5.41, 5.74) is 1.50. The number of ether oxygens (including phenoxy) is 1. The van der Waals surface area contributed by atoms with Crippen molar-refractivity contribution in [2.45, 2.75) is 32.0 Å². The molecule has 0 bridgehead atoms. The zero-order valence-corrected chi connectivity index (χ0v) is 9.25. The van der Waals surface area contributed by atoms with E-state index in [0.29, 0.717) is 18.4 Å². The van der Waals surface area contributed by atoms with Crippen LogP contribution in [0.4, 0.5) is 0 Å². The Kier molecular flexibility index (Phi) is 4.19. The van der Waals surface area contributed by atoms with Gasteiger partial charge in [-0.1, -0.05) is 5.92 Å². The first-order chi connectivity index (χ1) is 7.08. The Hall–Kier alpha value is -0.980. The third-order valence-corrected chi connectivity index (χ3v) is 2.69. The predicted molar refractivity (Wildman–Crippen MR) is 57.4 cm³/mol. The van der Waals surface area contributed by atoms with Crippen LogP contribution in [0, 0.1) is 12.3 Å². The maximum Gasteiger partial charge on any atom is 0.321 e. The molecule has 1 aliphatic rings. The SMILES string of the molecule is C#CC1=C(C)[C@H](O)C[C@H](OC(=O)CCl)C1. The van der Waals surface area contributed by atoms with Gasteiger partial charge in [-0.25, -0.2) is 0 Å². The molecule has 0 aromatic heterocycles. The molecule has 0 heterocycles. The van der Waals surface area contributed by atoms with Crippen LogP contribution in [0.5, 0.6) is 0 Å². The van der Waals surface area contributed by atoms with Crippen LogP contribution in [-0.2, 0) is 9.53 Å². The third kappa shape index (κ3) is 2.98. The van der Waals surface area contributed by atoms with E-state index in [4.69, 9.17) is 22.8 Å². The fourth-order valence-corrected chi connectivity index (χ4v) is 1.64. The topological polar surface area (TPSA) is 46.5 Å². The van der Waals surface area contributed by atoms with Gasteiger partial charge in [-0.3, -0.25) is 4.79 Å². The molecule has 0 unspecified atom stereocenters. The van der Waals surface area contributed by atoms with E-state index in [1.807, 2.05) is 0 Å². The lowest BCUT2D eigenvalue weighted by molar-refractivity contribution is -0.147. The summed E-state index contributed by atoms with van der Waals surface area (Å²) in [5, 5.41) is 9.66. The fraction of sp³-hybridized carbons (Fsp3) is 0.545. The van der Waals surface area contributed by atoms with E-state index in [0.717, 1.165) is 5.57 Å². The van der Waals surface area contributed by atoms with Gasteiger partial charge in [0.05, 0.1) is 6.10 Å². The summed E-state index contributed by atoms with van der Waals surface area (Å²) in [4.78, 5) is 11.0. The predicted octanol–water partition coefficient (Wildman–Crippen LogP) is 1.24. The number of rotatable bonds is 2. The molecule has 0 amide bonds. The number of aliphatic hydroxyl groups excluding tert-OH is 1. The van der Waals surface area contributed by atoms with Gasteiger partial charge in [0.25, 0.3) is 0 Å². The van der Waals surface area contributed by atoms with E-state index in [1.54, 1.807) is 6.92 Å². The van der Waals surface area contributed by atoms with Gasteiger partial charge in [-0.05, 0) is 12.5 Å². The van der Waals surface area contributed by atoms with Crippen LogP contribution in [0.15, 0.2) is 11.1 Å². The molecule has 82 valence electrons. The maximum absolute atomic E-state index is 11.0. The Bertz CT molecular complexity index is 327. The van der Waals surface area contributed by atoms with Crippen LogP contribution in [0.3, 0.4) is 0 Å². The summed E-state index contributed by atoms with van der Waals surface area (Å²) < 4.78 is 5.03. The van der Waals surface area contributed by atoms with Crippen LogP contribution >= 0.6 is 11.6 Å². The summed E-state index contributed by atoms with van der Waals surface area (Å²) in [6.45, 7) is 1.79. The summed E-state index contributed by atoms with van der Waals surface area (Å²) in [7, 11) is 0. The Morgan fingerprint density at radius 3 is 3.00 bits per heavy atom. The smallest absolute Gasteiger partial charge is 0.321 e. The zero-order valence-electron chi connectivity index (χ0n) is 8.50. The molecule has 0 aliphatic heterocycles. The molecule has 0 fully saturated rings. The highest BCUT2D eigenvalue weighted by Gasteiger charge is 2.27. The number of carbonyl (C=O) groups is 1. The highest BCUT2D eigenvalue weighted by atomic mass is 35.5. The Morgan fingerprint density at radius 2 is 2.47 bits per heavy atom. The standard InChI is InChI=1S/C11H13ClO3/c1-3-8-4-9(15-11(14)6-12)5-10(13)7(8)2/h1,9-10,13H,4-6H2,2H3/t9-,10-/m1/s1. The highest BCUT2D eigenvalue weighted by molar-refractivity contribution is 6.26. The molecule has 0 aromatic carbocycles. The minimum Gasteiger partial charge on any atom is -0.461 e. The summed E-state index contributed by atoms with van der Waals surface area (Å²) in [5.74, 6) is 1.84. The molecule has 15 heavy (non-hydrogen) atoms. The van der Waals surface area contributed by atoms with Crippen molar-refractivity contribution in [2.75, 3.05) is 5.88 Å². The second kappa shape index (κ2) is 5.20. The summed E-state index contributed by atoms with van der Waals surface area (Å²) in [6.07, 6.45) is 5.19. The van der Waals surface area contributed by atoms with Crippen molar-refractivity contribution in [3.8, 4) is 12.3 Å². The van der Waals surface area contributed by atoms with Crippen molar-refractivity contribution in [3.05, 3.63) is 11.1 Å². The first kappa shape index (κ1) is 12.1. The van der Waals surface area contributed by atoms with Crippen molar-refractivity contribution in [2.24, 2.45) is 0 Å². The first-order valence-electron chi connectivity index (χ1n) is 4.68. The second-order valence-corrected chi connectivity index (χ2v) is 3.77. The van der Waals surface area contributed by atoms with Gasteiger partial charge >= 0.3 is 5.97 Å². The second-order valence-electron chi connectivity index (χ2n) is 3.51. The molecule has 1 rings (SSSR count). The molecule has 0 spiro atoms. The summed E-state index contributed by atoms with van der Waals surface area (Å²) in [6, 6.07) is 0. The molecule has 3 nitrogen and oxygen atoms in total. The first-order valence-corrected chi connectivity index (χ1v) is 5.21. The van der Waals surface area contributed by atoms with Gasteiger partial charge < -0.3 is 9.84 Å². The molecule has 4 heteroatoms. The lowest BCUT2D eigenvalue weighted by Gasteiger charge is -2.27. The molecular formula is C11H13ClO3. The van der Waals surface area contributed by atoms with Crippen molar-refractivity contribution in [1.29, 1.82) is 0 Å². The molecule has 0 radical (unpaired) electrons. The lowest BCUT2D eigenvalue weighted by Crippen LogP contribution is -2.30. The number of carbonyl (C=O) groups excluding carboxylic acids is 1. The van der Waals surface area contributed by atoms with Crippen LogP contribution in [0.2, 0.25) is 0 Å². The molecule has 0 aromatic rings. The average molecular weight is 229 g/mol. The number of aliphatic hydroxyl groups is 1. The minimum absolute atomic E-state index is 0.180. The zero-order chi connectivity index (χ0) is 11.4. The van der Waals surface area contributed by atoms with E-state index in [1.165, 1.54) is 0 Å². The number of esters is 1. The van der Waals surface area contributed by atoms with E-state index in [-0.39, 0.29) is 12.0 Å². The Morgan fingerprint density at radius 1 is 1.80 bits per heavy atom. The maximum atomic E-state index is 11.0. The molecule has 1 aliphatic carbocycles. The number of hydrogen-bond acceptors (Lipinski definition) is 3. The fourth-order valence-electron chi connectivity index (χ4n) is 1.58. The molecular weight excluding hydrogens is 216 g/mol. The van der Waals surface area contributed by atoms with Gasteiger partial charge in [0.1, 0.15) is 12.0 Å². The number of terminal acetylenes is 1. The Labute approximate surface area is 94.1 Å². The third-order valence-electron chi connectivity index (χ3n) is 2.48. The van der Waals surface area contributed by atoms with Crippen molar-refractivity contribution in [1.82, 2.24) is 0 Å². The van der Waals surface area contributed by atoms with Crippen LogP contribution in [0.25, 0.3) is 0 Å².